The number of ether oxygens (including phenoxy) is 2. The first kappa shape index (κ1) is 23.4. The van der Waals surface area contributed by atoms with Gasteiger partial charge in [-0.15, -0.1) is 0 Å². The zero-order valence-corrected chi connectivity index (χ0v) is 18.5. The van der Waals surface area contributed by atoms with Crippen molar-refractivity contribution in [3.05, 3.63) is 29.3 Å². The number of carbonyl (C=O) groups excluding carboxylic acids is 1. The molecule has 0 radical (unpaired) electrons. The van der Waals surface area contributed by atoms with Crippen LogP contribution in [-0.4, -0.2) is 36.9 Å². The first-order valence-corrected chi connectivity index (χ1v) is 12.5. The molecule has 1 aromatic carbocycles. The fourth-order valence-corrected chi connectivity index (χ4v) is 6.59. The molecular formula is C22H27F3O6S. The van der Waals surface area contributed by atoms with Gasteiger partial charge in [0.15, 0.2) is 0 Å². The first-order chi connectivity index (χ1) is 14.9. The van der Waals surface area contributed by atoms with Crippen LogP contribution >= 0.6 is 0 Å². The third kappa shape index (κ3) is 4.48. The molecule has 178 valence electrons. The number of carbonyl (C=O) groups is 1. The Labute approximate surface area is 185 Å². The van der Waals surface area contributed by atoms with E-state index in [1.54, 1.807) is 0 Å². The monoisotopic (exact) mass is 476 g/mol. The highest BCUT2D eigenvalue weighted by Gasteiger charge is 2.58. The van der Waals surface area contributed by atoms with E-state index < -0.39 is 51.5 Å². The van der Waals surface area contributed by atoms with E-state index in [4.69, 9.17) is 14.0 Å². The minimum absolute atomic E-state index is 0.168. The van der Waals surface area contributed by atoms with E-state index in [1.165, 1.54) is 6.42 Å². The molecule has 4 aliphatic carbocycles. The van der Waals surface area contributed by atoms with Crippen molar-refractivity contribution < 1.29 is 40.4 Å². The van der Waals surface area contributed by atoms with Crippen LogP contribution in [0.5, 0.6) is 5.75 Å². The molecule has 0 heterocycles. The van der Waals surface area contributed by atoms with Crippen LogP contribution in [0.1, 0.15) is 61.4 Å². The lowest BCUT2D eigenvalue weighted by molar-refractivity contribution is -0.166. The predicted molar refractivity (Wildman–Crippen MR) is 109 cm³/mol. The summed E-state index contributed by atoms with van der Waals surface area (Å²) in [6, 6.07) is 2.83. The topological polar surface area (TPSA) is 89.9 Å². The highest BCUT2D eigenvalue weighted by Crippen LogP contribution is 2.61. The molecule has 6 nitrogen and oxygen atoms in total. The molecule has 0 atom stereocenters. The van der Waals surface area contributed by atoms with Gasteiger partial charge in [-0.2, -0.15) is 21.6 Å². The van der Waals surface area contributed by atoms with Gasteiger partial charge in [0.2, 0.25) is 0 Å². The third-order valence-electron chi connectivity index (χ3n) is 7.47. The molecule has 0 saturated heterocycles. The van der Waals surface area contributed by atoms with Gasteiger partial charge in [0.05, 0.1) is 11.1 Å². The summed E-state index contributed by atoms with van der Waals surface area (Å²) >= 11 is 0. The van der Waals surface area contributed by atoms with E-state index in [0.29, 0.717) is 18.3 Å². The minimum Gasteiger partial charge on any atom is -0.486 e. The van der Waals surface area contributed by atoms with Crippen molar-refractivity contribution in [2.75, 3.05) is 12.4 Å². The van der Waals surface area contributed by atoms with Gasteiger partial charge in [0, 0.05) is 0 Å². The number of alkyl halides is 3. The van der Waals surface area contributed by atoms with Crippen LogP contribution in [0.2, 0.25) is 0 Å². The standard InChI is InChI=1S/C22H27F3O6S/c1-2-21(16-8-13-7-14(10-16)11-17(21)9-13)31-19-12-15(3-4-18(19)22(23,24)25)20(26)30-5-6-32(27,28)29/h3-4,12-14,16-17H,2,5-11H2,1H3,(H,27,28,29). The van der Waals surface area contributed by atoms with Crippen molar-refractivity contribution in [1.82, 2.24) is 0 Å². The second-order valence-corrected chi connectivity index (χ2v) is 10.9. The molecular weight excluding hydrogens is 449 g/mol. The van der Waals surface area contributed by atoms with Crippen LogP contribution in [0.4, 0.5) is 13.2 Å². The number of hydrogen-bond acceptors (Lipinski definition) is 5. The zero-order valence-electron chi connectivity index (χ0n) is 17.7. The van der Waals surface area contributed by atoms with Crippen molar-refractivity contribution in [2.45, 2.75) is 57.2 Å². The molecule has 1 N–H and O–H groups in total. The number of esters is 1. The smallest absolute Gasteiger partial charge is 0.419 e. The second-order valence-electron chi connectivity index (χ2n) is 9.35. The quantitative estimate of drug-likeness (QED) is 0.452. The average Bonchev–Trinajstić information content (AvgIpc) is 2.68. The van der Waals surface area contributed by atoms with Crippen molar-refractivity contribution in [2.24, 2.45) is 23.7 Å². The second kappa shape index (κ2) is 8.20. The van der Waals surface area contributed by atoms with Gasteiger partial charge in [-0.3, -0.25) is 4.55 Å². The van der Waals surface area contributed by atoms with E-state index in [0.717, 1.165) is 43.9 Å². The van der Waals surface area contributed by atoms with Crippen LogP contribution in [-0.2, 0) is 21.0 Å². The Bertz CT molecular complexity index is 960. The van der Waals surface area contributed by atoms with Crippen molar-refractivity contribution in [3.63, 3.8) is 0 Å². The lowest BCUT2D eigenvalue weighted by Gasteiger charge is -2.60. The summed E-state index contributed by atoms with van der Waals surface area (Å²) in [6.07, 6.45) is 0.954. The largest absolute Gasteiger partial charge is 0.486 e. The van der Waals surface area contributed by atoms with Gasteiger partial charge < -0.3 is 9.47 Å². The van der Waals surface area contributed by atoms with Crippen LogP contribution in [0.3, 0.4) is 0 Å². The molecule has 4 fully saturated rings. The van der Waals surface area contributed by atoms with Gasteiger partial charge in [0.25, 0.3) is 10.1 Å². The van der Waals surface area contributed by atoms with Crippen LogP contribution in [0.25, 0.3) is 0 Å². The Balaban J connectivity index is 1.63. The Morgan fingerprint density at radius 1 is 1.12 bits per heavy atom. The molecule has 0 aliphatic heterocycles. The van der Waals surface area contributed by atoms with Gasteiger partial charge >= 0.3 is 12.1 Å². The molecule has 32 heavy (non-hydrogen) atoms. The van der Waals surface area contributed by atoms with Crippen LogP contribution in [0.15, 0.2) is 18.2 Å². The molecule has 10 heteroatoms. The predicted octanol–water partition coefficient (Wildman–Crippen LogP) is 4.73. The maximum absolute atomic E-state index is 13.8. The van der Waals surface area contributed by atoms with Crippen LogP contribution in [0, 0.1) is 23.7 Å². The van der Waals surface area contributed by atoms with Gasteiger partial charge in [-0.25, -0.2) is 4.79 Å². The number of benzene rings is 1. The lowest BCUT2D eigenvalue weighted by atomic mass is 9.49. The molecule has 0 unspecified atom stereocenters. The first-order valence-electron chi connectivity index (χ1n) is 10.9. The van der Waals surface area contributed by atoms with Crippen molar-refractivity contribution >= 4 is 16.1 Å². The molecule has 4 aliphatic rings. The summed E-state index contributed by atoms with van der Waals surface area (Å²) in [5.74, 6) is -0.559. The SMILES string of the molecule is CCC1(Oc2cc(C(=O)OCCS(=O)(=O)O)ccc2C(F)(F)F)C2CC3CC(C2)CC1C3. The summed E-state index contributed by atoms with van der Waals surface area (Å²) in [5.41, 5.74) is -1.81. The Kier molecular flexibility index (Phi) is 5.98. The summed E-state index contributed by atoms with van der Waals surface area (Å²) in [7, 11) is -4.33. The van der Waals surface area contributed by atoms with Crippen molar-refractivity contribution in [1.29, 1.82) is 0 Å². The van der Waals surface area contributed by atoms with Gasteiger partial charge in [-0.05, 0) is 80.4 Å². The normalized spacial score (nSPS) is 31.5. The Morgan fingerprint density at radius 3 is 2.22 bits per heavy atom. The Morgan fingerprint density at radius 2 is 1.72 bits per heavy atom. The highest BCUT2D eigenvalue weighted by atomic mass is 32.2. The van der Waals surface area contributed by atoms with E-state index in [-0.39, 0.29) is 17.4 Å². The number of rotatable bonds is 7. The molecule has 4 saturated carbocycles. The minimum atomic E-state index is -4.66. The fourth-order valence-electron chi connectivity index (χ4n) is 6.29. The summed E-state index contributed by atoms with van der Waals surface area (Å²) in [6.45, 7) is 1.34. The summed E-state index contributed by atoms with van der Waals surface area (Å²) in [4.78, 5) is 12.3. The van der Waals surface area contributed by atoms with Gasteiger partial charge in [-0.1, -0.05) is 6.92 Å². The maximum Gasteiger partial charge on any atom is 0.419 e. The number of hydrogen-bond donors (Lipinski definition) is 1. The van der Waals surface area contributed by atoms with Gasteiger partial charge in [0.1, 0.15) is 23.7 Å². The summed E-state index contributed by atoms with van der Waals surface area (Å²) < 4.78 is 82.7. The van der Waals surface area contributed by atoms with E-state index >= 15 is 0 Å². The molecule has 5 rings (SSSR count). The molecule has 1 aromatic rings. The lowest BCUT2D eigenvalue weighted by Crippen LogP contribution is -2.60. The molecule has 4 bridgehead atoms. The zero-order chi connectivity index (χ0) is 23.3. The third-order valence-corrected chi connectivity index (χ3v) is 8.15. The van der Waals surface area contributed by atoms with E-state index in [9.17, 15) is 26.4 Å². The molecule has 0 aromatic heterocycles. The molecule has 0 amide bonds. The number of halogens is 3. The van der Waals surface area contributed by atoms with E-state index in [2.05, 4.69) is 0 Å². The summed E-state index contributed by atoms with van der Waals surface area (Å²) in [5, 5.41) is 0. The Hall–Kier alpha value is -1.81. The average molecular weight is 477 g/mol. The van der Waals surface area contributed by atoms with E-state index in [1.807, 2.05) is 6.92 Å². The maximum atomic E-state index is 13.8. The highest BCUT2D eigenvalue weighted by molar-refractivity contribution is 7.85. The molecule has 0 spiro atoms. The fraction of sp³-hybridized carbons (Fsp3) is 0.682. The van der Waals surface area contributed by atoms with Crippen LogP contribution < -0.4 is 4.74 Å². The van der Waals surface area contributed by atoms with Crippen molar-refractivity contribution in [3.8, 4) is 5.75 Å².